The average molecular weight is 401 g/mol. The van der Waals surface area contributed by atoms with Gasteiger partial charge in [0.1, 0.15) is 0 Å². The van der Waals surface area contributed by atoms with E-state index in [0.717, 1.165) is 25.7 Å². The third kappa shape index (κ3) is 7.44. The van der Waals surface area contributed by atoms with Gasteiger partial charge in [0.2, 0.25) is 0 Å². The molecule has 0 heterocycles. The van der Waals surface area contributed by atoms with Crippen LogP contribution >= 0.6 is 0 Å². The SMILES string of the molecule is CCCCCCOC(=O)C(C)(CC(C)(C)C(=O)OC)CC(C)(CC)C(=O)OC. The van der Waals surface area contributed by atoms with E-state index < -0.39 is 22.2 Å². The predicted octanol–water partition coefficient (Wildman–Crippen LogP) is 4.68. The van der Waals surface area contributed by atoms with E-state index in [0.29, 0.717) is 13.0 Å². The number of hydrogen-bond donors (Lipinski definition) is 0. The second kappa shape index (κ2) is 11.4. The first kappa shape index (κ1) is 26.4. The second-order valence-electron chi connectivity index (χ2n) is 8.89. The predicted molar refractivity (Wildman–Crippen MR) is 109 cm³/mol. The molecule has 0 aliphatic heterocycles. The van der Waals surface area contributed by atoms with Crippen LogP contribution in [0, 0.1) is 16.2 Å². The fraction of sp³-hybridized carbons (Fsp3) is 0.864. The highest BCUT2D eigenvalue weighted by atomic mass is 16.5. The van der Waals surface area contributed by atoms with Crippen molar-refractivity contribution >= 4 is 17.9 Å². The van der Waals surface area contributed by atoms with Gasteiger partial charge in [-0.05, 0) is 53.4 Å². The maximum absolute atomic E-state index is 13.1. The van der Waals surface area contributed by atoms with Crippen LogP contribution in [0.2, 0.25) is 0 Å². The number of methoxy groups -OCH3 is 2. The van der Waals surface area contributed by atoms with Crippen molar-refractivity contribution in [2.45, 2.75) is 86.5 Å². The van der Waals surface area contributed by atoms with Crippen molar-refractivity contribution in [2.75, 3.05) is 20.8 Å². The smallest absolute Gasteiger partial charge is 0.311 e. The summed E-state index contributed by atoms with van der Waals surface area (Å²) in [6.07, 6.45) is 4.97. The molecule has 0 bridgehead atoms. The molecule has 0 spiro atoms. The highest BCUT2D eigenvalue weighted by molar-refractivity contribution is 5.82. The van der Waals surface area contributed by atoms with E-state index in [1.54, 1.807) is 27.7 Å². The summed E-state index contributed by atoms with van der Waals surface area (Å²) in [7, 11) is 2.68. The van der Waals surface area contributed by atoms with Crippen LogP contribution in [0.4, 0.5) is 0 Å². The normalized spacial score (nSPS) is 15.9. The molecule has 0 fully saturated rings. The summed E-state index contributed by atoms with van der Waals surface area (Å²) in [6, 6.07) is 0. The summed E-state index contributed by atoms with van der Waals surface area (Å²) in [5.41, 5.74) is -2.77. The number of esters is 3. The third-order valence-corrected chi connectivity index (χ3v) is 5.53. The number of carbonyl (C=O) groups excluding carboxylic acids is 3. The Balaban J connectivity index is 5.60. The molecule has 0 aliphatic carbocycles. The Labute approximate surface area is 170 Å². The van der Waals surface area contributed by atoms with Gasteiger partial charge >= 0.3 is 17.9 Å². The molecule has 2 unspecified atom stereocenters. The summed E-state index contributed by atoms with van der Waals surface area (Å²) in [6.45, 7) is 11.4. The van der Waals surface area contributed by atoms with Gasteiger partial charge in [0.25, 0.3) is 0 Å². The van der Waals surface area contributed by atoms with E-state index >= 15 is 0 Å². The molecular formula is C22H40O6. The molecular weight excluding hydrogens is 360 g/mol. The Morgan fingerprint density at radius 2 is 1.29 bits per heavy atom. The number of ether oxygens (including phenoxy) is 3. The Bertz CT molecular complexity index is 527. The number of rotatable bonds is 13. The Hall–Kier alpha value is -1.59. The molecule has 28 heavy (non-hydrogen) atoms. The fourth-order valence-electron chi connectivity index (χ4n) is 3.85. The van der Waals surface area contributed by atoms with E-state index in [1.165, 1.54) is 14.2 Å². The van der Waals surface area contributed by atoms with E-state index in [1.807, 2.05) is 6.92 Å². The molecule has 0 saturated carbocycles. The van der Waals surface area contributed by atoms with Crippen molar-refractivity contribution < 1.29 is 28.6 Å². The van der Waals surface area contributed by atoms with Gasteiger partial charge in [0.15, 0.2) is 0 Å². The van der Waals surface area contributed by atoms with Crippen molar-refractivity contribution in [1.82, 2.24) is 0 Å². The molecule has 0 aromatic rings. The molecule has 0 saturated heterocycles. The largest absolute Gasteiger partial charge is 0.469 e. The fourth-order valence-corrected chi connectivity index (χ4v) is 3.85. The minimum atomic E-state index is -1.03. The highest BCUT2D eigenvalue weighted by Gasteiger charge is 2.49. The van der Waals surface area contributed by atoms with E-state index in [2.05, 4.69) is 6.92 Å². The van der Waals surface area contributed by atoms with Gasteiger partial charge in [0, 0.05) is 0 Å². The monoisotopic (exact) mass is 400 g/mol. The number of carbonyl (C=O) groups is 3. The molecule has 0 aromatic carbocycles. The molecule has 0 amide bonds. The summed E-state index contributed by atoms with van der Waals surface area (Å²) in [5.74, 6) is -1.15. The average Bonchev–Trinajstić information content (AvgIpc) is 2.65. The van der Waals surface area contributed by atoms with Gasteiger partial charge in [-0.15, -0.1) is 0 Å². The van der Waals surface area contributed by atoms with Gasteiger partial charge in [-0.25, -0.2) is 0 Å². The van der Waals surface area contributed by atoms with Crippen molar-refractivity contribution in [3.63, 3.8) is 0 Å². The van der Waals surface area contributed by atoms with Crippen LogP contribution in [0.5, 0.6) is 0 Å². The first-order chi connectivity index (χ1) is 12.9. The Morgan fingerprint density at radius 3 is 1.75 bits per heavy atom. The van der Waals surface area contributed by atoms with Crippen LogP contribution in [-0.4, -0.2) is 38.7 Å². The summed E-state index contributed by atoms with van der Waals surface area (Å²) >= 11 is 0. The number of unbranched alkanes of at least 4 members (excludes halogenated alkanes) is 3. The lowest BCUT2D eigenvalue weighted by molar-refractivity contribution is -0.167. The van der Waals surface area contributed by atoms with Crippen molar-refractivity contribution in [1.29, 1.82) is 0 Å². The molecule has 0 rings (SSSR count). The van der Waals surface area contributed by atoms with Gasteiger partial charge in [-0.3, -0.25) is 14.4 Å². The van der Waals surface area contributed by atoms with Crippen molar-refractivity contribution in [3.05, 3.63) is 0 Å². The van der Waals surface area contributed by atoms with Gasteiger partial charge in [0.05, 0.1) is 37.1 Å². The zero-order valence-electron chi connectivity index (χ0n) is 19.1. The lowest BCUT2D eigenvalue weighted by Crippen LogP contribution is -2.44. The van der Waals surface area contributed by atoms with Crippen LogP contribution in [-0.2, 0) is 28.6 Å². The van der Waals surface area contributed by atoms with Crippen LogP contribution < -0.4 is 0 Å². The first-order valence-corrected chi connectivity index (χ1v) is 10.3. The highest BCUT2D eigenvalue weighted by Crippen LogP contribution is 2.45. The molecule has 6 nitrogen and oxygen atoms in total. The lowest BCUT2D eigenvalue weighted by Gasteiger charge is -2.39. The van der Waals surface area contributed by atoms with Crippen LogP contribution in [0.25, 0.3) is 0 Å². The summed E-state index contributed by atoms with van der Waals surface area (Å²) in [5, 5.41) is 0. The minimum absolute atomic E-state index is 0.215. The van der Waals surface area contributed by atoms with Crippen LogP contribution in [0.1, 0.15) is 86.5 Å². The van der Waals surface area contributed by atoms with Gasteiger partial charge < -0.3 is 14.2 Å². The van der Waals surface area contributed by atoms with Crippen LogP contribution in [0.15, 0.2) is 0 Å². The molecule has 0 N–H and O–H groups in total. The Kier molecular flexibility index (Phi) is 10.8. The molecule has 164 valence electrons. The molecule has 0 radical (unpaired) electrons. The maximum Gasteiger partial charge on any atom is 0.311 e. The molecule has 6 heteroatoms. The molecule has 2 atom stereocenters. The van der Waals surface area contributed by atoms with Gasteiger partial charge in [-0.1, -0.05) is 33.1 Å². The Morgan fingerprint density at radius 1 is 0.714 bits per heavy atom. The standard InChI is InChI=1S/C22H40O6/c1-9-11-12-13-14-28-19(25)22(6,15-20(3,4)17(23)26-7)16-21(5,10-2)18(24)27-8/h9-16H2,1-8H3. The summed E-state index contributed by atoms with van der Waals surface area (Å²) < 4.78 is 15.5. The van der Waals surface area contributed by atoms with Crippen molar-refractivity contribution in [2.24, 2.45) is 16.2 Å². The minimum Gasteiger partial charge on any atom is -0.469 e. The lowest BCUT2D eigenvalue weighted by atomic mass is 9.65. The number of hydrogen-bond acceptors (Lipinski definition) is 6. The zero-order valence-corrected chi connectivity index (χ0v) is 19.1. The topological polar surface area (TPSA) is 78.9 Å². The zero-order chi connectivity index (χ0) is 22.0. The maximum atomic E-state index is 13.1. The molecule has 0 aromatic heterocycles. The second-order valence-corrected chi connectivity index (χ2v) is 8.89. The van der Waals surface area contributed by atoms with E-state index in [4.69, 9.17) is 14.2 Å². The van der Waals surface area contributed by atoms with E-state index in [-0.39, 0.29) is 24.8 Å². The summed E-state index contributed by atoms with van der Waals surface area (Å²) in [4.78, 5) is 37.7. The molecule has 0 aliphatic rings. The van der Waals surface area contributed by atoms with Gasteiger partial charge in [-0.2, -0.15) is 0 Å². The van der Waals surface area contributed by atoms with Crippen molar-refractivity contribution in [3.8, 4) is 0 Å². The first-order valence-electron chi connectivity index (χ1n) is 10.3. The van der Waals surface area contributed by atoms with E-state index in [9.17, 15) is 14.4 Å². The quantitative estimate of drug-likeness (QED) is 0.254. The third-order valence-electron chi connectivity index (χ3n) is 5.53. The van der Waals surface area contributed by atoms with Crippen LogP contribution in [0.3, 0.4) is 0 Å².